The first-order valence-corrected chi connectivity index (χ1v) is 9.14. The van der Waals surface area contributed by atoms with Crippen molar-refractivity contribution in [2.24, 2.45) is 0 Å². The number of carbonyl (C=O) groups excluding carboxylic acids is 1. The molecule has 2 heterocycles. The summed E-state index contributed by atoms with van der Waals surface area (Å²) in [6.45, 7) is 5.41. The molecule has 0 unspecified atom stereocenters. The Bertz CT molecular complexity index is 1130. The lowest BCUT2D eigenvalue weighted by molar-refractivity contribution is -0.123. The number of anilines is 2. The van der Waals surface area contributed by atoms with E-state index in [9.17, 15) is 4.79 Å². The summed E-state index contributed by atoms with van der Waals surface area (Å²) in [6.07, 6.45) is 1.65. The quantitative estimate of drug-likeness (QED) is 0.557. The fourth-order valence-electron chi connectivity index (χ4n) is 3.45. The van der Waals surface area contributed by atoms with E-state index in [0.717, 1.165) is 11.3 Å². The van der Waals surface area contributed by atoms with Gasteiger partial charge in [0.2, 0.25) is 5.95 Å². The summed E-state index contributed by atoms with van der Waals surface area (Å²) in [7, 11) is 0. The number of nitrogens with zero attached hydrogens (tertiary/aromatic N) is 3. The molecule has 4 nitrogen and oxygen atoms in total. The Labute approximate surface area is 167 Å². The van der Waals surface area contributed by atoms with Crippen LogP contribution in [0.5, 0.6) is 0 Å². The molecule has 0 fully saturated rings. The molecule has 0 atom stereocenters. The number of aromatic nitrogens is 2. The normalized spacial score (nSPS) is 14.6. The second-order valence-electron chi connectivity index (χ2n) is 7.14. The molecule has 6 heteroatoms. The zero-order valence-corrected chi connectivity index (χ0v) is 16.4. The van der Waals surface area contributed by atoms with Crippen LogP contribution in [0.15, 0.2) is 48.7 Å². The fraction of sp³-hybridized carbons (Fsp3) is 0.182. The predicted molar refractivity (Wildman–Crippen MR) is 107 cm³/mol. The van der Waals surface area contributed by atoms with Crippen molar-refractivity contribution >= 4 is 29.1 Å². The van der Waals surface area contributed by atoms with Crippen molar-refractivity contribution in [3.8, 4) is 11.8 Å². The van der Waals surface area contributed by atoms with Crippen LogP contribution >= 0.6 is 11.6 Å². The SMILES string of the molecule is Cc1cnc2n1C(C)(C)C(=O)N2c1c(F)cc(C#Cc2ccccc2)cc1Cl. The molecule has 28 heavy (non-hydrogen) atoms. The first-order chi connectivity index (χ1) is 13.3. The molecule has 0 saturated heterocycles. The van der Waals surface area contributed by atoms with Crippen molar-refractivity contribution in [2.75, 3.05) is 4.90 Å². The number of fused-ring (bicyclic) bond motifs is 1. The second-order valence-corrected chi connectivity index (χ2v) is 7.55. The van der Waals surface area contributed by atoms with Crippen molar-refractivity contribution in [1.82, 2.24) is 9.55 Å². The van der Waals surface area contributed by atoms with Crippen molar-refractivity contribution in [1.29, 1.82) is 0 Å². The highest BCUT2D eigenvalue weighted by Gasteiger charge is 2.47. The van der Waals surface area contributed by atoms with Crippen LogP contribution in [-0.4, -0.2) is 15.5 Å². The Morgan fingerprint density at radius 2 is 1.79 bits per heavy atom. The van der Waals surface area contributed by atoms with Crippen LogP contribution in [0, 0.1) is 24.6 Å². The molecular formula is C22H17ClFN3O. The van der Waals surface area contributed by atoms with E-state index < -0.39 is 11.4 Å². The second kappa shape index (κ2) is 6.50. The number of hydrogen-bond acceptors (Lipinski definition) is 2. The number of rotatable bonds is 1. The average Bonchev–Trinajstić information content (AvgIpc) is 3.13. The van der Waals surface area contributed by atoms with Gasteiger partial charge in [-0.3, -0.25) is 9.36 Å². The summed E-state index contributed by atoms with van der Waals surface area (Å²) in [6, 6.07) is 12.2. The van der Waals surface area contributed by atoms with Crippen molar-refractivity contribution < 1.29 is 9.18 Å². The van der Waals surface area contributed by atoms with Crippen molar-refractivity contribution in [3.05, 3.63) is 76.3 Å². The number of carbonyl (C=O) groups is 1. The maximum atomic E-state index is 15.0. The van der Waals surface area contributed by atoms with E-state index in [-0.39, 0.29) is 16.6 Å². The van der Waals surface area contributed by atoms with E-state index in [4.69, 9.17) is 11.6 Å². The highest BCUT2D eigenvalue weighted by Crippen LogP contribution is 2.43. The maximum absolute atomic E-state index is 15.0. The largest absolute Gasteiger partial charge is 0.299 e. The van der Waals surface area contributed by atoms with Gasteiger partial charge in [-0.15, -0.1) is 0 Å². The van der Waals surface area contributed by atoms with Crippen LogP contribution in [-0.2, 0) is 10.3 Å². The predicted octanol–water partition coefficient (Wildman–Crippen LogP) is 4.80. The monoisotopic (exact) mass is 393 g/mol. The fourth-order valence-corrected chi connectivity index (χ4v) is 3.74. The summed E-state index contributed by atoms with van der Waals surface area (Å²) in [5.74, 6) is 5.33. The minimum Gasteiger partial charge on any atom is -0.299 e. The van der Waals surface area contributed by atoms with Crippen LogP contribution in [0.4, 0.5) is 16.0 Å². The van der Waals surface area contributed by atoms with Gasteiger partial charge in [0.1, 0.15) is 17.0 Å². The molecule has 0 N–H and O–H groups in total. The highest BCUT2D eigenvalue weighted by atomic mass is 35.5. The van der Waals surface area contributed by atoms with Gasteiger partial charge in [-0.25, -0.2) is 14.3 Å². The summed E-state index contributed by atoms with van der Waals surface area (Å²) >= 11 is 6.39. The molecule has 140 valence electrons. The van der Waals surface area contributed by atoms with Gasteiger partial charge in [0, 0.05) is 16.8 Å². The number of hydrogen-bond donors (Lipinski definition) is 0. The molecule has 0 radical (unpaired) electrons. The van der Waals surface area contributed by atoms with E-state index in [2.05, 4.69) is 16.8 Å². The van der Waals surface area contributed by atoms with Crippen LogP contribution in [0.3, 0.4) is 0 Å². The molecule has 2 aromatic carbocycles. The van der Waals surface area contributed by atoms with E-state index >= 15 is 4.39 Å². The van der Waals surface area contributed by atoms with Gasteiger partial charge in [-0.2, -0.15) is 0 Å². The molecule has 0 bridgehead atoms. The minimum absolute atomic E-state index is 0.00523. The Kier molecular flexibility index (Phi) is 4.24. The number of halogens is 2. The van der Waals surface area contributed by atoms with Gasteiger partial charge < -0.3 is 0 Å². The molecule has 0 spiro atoms. The van der Waals surface area contributed by atoms with E-state index in [1.54, 1.807) is 30.7 Å². The van der Waals surface area contributed by atoms with E-state index in [0.29, 0.717) is 11.5 Å². The lowest BCUT2D eigenvalue weighted by Crippen LogP contribution is -2.37. The minimum atomic E-state index is -0.878. The van der Waals surface area contributed by atoms with Gasteiger partial charge in [0.05, 0.1) is 11.2 Å². The molecule has 1 aliphatic heterocycles. The average molecular weight is 394 g/mol. The van der Waals surface area contributed by atoms with Crippen LogP contribution < -0.4 is 4.90 Å². The van der Waals surface area contributed by atoms with E-state index in [1.807, 2.05) is 37.3 Å². The third-order valence-electron chi connectivity index (χ3n) is 4.77. The van der Waals surface area contributed by atoms with Gasteiger partial charge in [-0.1, -0.05) is 41.6 Å². The summed E-state index contributed by atoms with van der Waals surface area (Å²) < 4.78 is 16.8. The lowest BCUT2D eigenvalue weighted by Gasteiger charge is -2.21. The van der Waals surface area contributed by atoms with Crippen LogP contribution in [0.1, 0.15) is 30.7 Å². The Hall–Kier alpha value is -3.10. The lowest BCUT2D eigenvalue weighted by atomic mass is 10.0. The topological polar surface area (TPSA) is 38.1 Å². The van der Waals surface area contributed by atoms with Crippen LogP contribution in [0.2, 0.25) is 5.02 Å². The molecule has 0 aliphatic carbocycles. The van der Waals surface area contributed by atoms with Crippen LogP contribution in [0.25, 0.3) is 0 Å². The number of benzene rings is 2. The first-order valence-electron chi connectivity index (χ1n) is 8.76. The third-order valence-corrected chi connectivity index (χ3v) is 5.06. The summed E-state index contributed by atoms with van der Waals surface area (Å²) in [5, 5.41) is 0.107. The molecule has 3 aromatic rings. The smallest absolute Gasteiger partial charge is 0.259 e. The Morgan fingerprint density at radius 1 is 1.11 bits per heavy atom. The van der Waals surface area contributed by atoms with E-state index in [1.165, 1.54) is 11.0 Å². The van der Waals surface area contributed by atoms with Gasteiger partial charge in [-0.05, 0) is 45.0 Å². The summed E-state index contributed by atoms with van der Waals surface area (Å²) in [4.78, 5) is 18.6. The van der Waals surface area contributed by atoms with Gasteiger partial charge >= 0.3 is 0 Å². The molecule has 1 amide bonds. The molecular weight excluding hydrogens is 377 g/mol. The zero-order chi connectivity index (χ0) is 20.1. The molecule has 4 rings (SSSR count). The number of imidazole rings is 1. The van der Waals surface area contributed by atoms with Gasteiger partial charge in [0.25, 0.3) is 5.91 Å². The molecule has 1 aliphatic rings. The van der Waals surface area contributed by atoms with Gasteiger partial charge in [0.15, 0.2) is 0 Å². The first kappa shape index (κ1) is 18.3. The number of aryl methyl sites for hydroxylation is 1. The highest BCUT2D eigenvalue weighted by molar-refractivity contribution is 6.34. The zero-order valence-electron chi connectivity index (χ0n) is 15.6. The standard InChI is InChI=1S/C22H17ClFN3O/c1-14-13-25-21-26(20(28)22(2,3)27(14)21)19-17(23)11-16(12-18(19)24)10-9-15-7-5-4-6-8-15/h4-8,11-13H,1-3H3. The Balaban J connectivity index is 1.78. The van der Waals surface area contributed by atoms with Crippen molar-refractivity contribution in [2.45, 2.75) is 26.3 Å². The molecule has 0 saturated carbocycles. The molecule has 1 aromatic heterocycles. The Morgan fingerprint density at radius 3 is 2.46 bits per heavy atom. The summed E-state index contributed by atoms with van der Waals surface area (Å²) in [5.41, 5.74) is 1.18. The van der Waals surface area contributed by atoms with Crippen molar-refractivity contribution in [3.63, 3.8) is 0 Å². The third kappa shape index (κ3) is 2.78. The number of amides is 1. The maximum Gasteiger partial charge on any atom is 0.259 e.